The van der Waals surface area contributed by atoms with Crippen LogP contribution in [0.1, 0.15) is 50.2 Å². The second-order valence-electron chi connectivity index (χ2n) is 4.93. The van der Waals surface area contributed by atoms with Gasteiger partial charge >= 0.3 is 0 Å². The van der Waals surface area contributed by atoms with Crippen LogP contribution in [-0.2, 0) is 0 Å². The number of rotatable bonds is 3. The van der Waals surface area contributed by atoms with Gasteiger partial charge in [0.2, 0.25) is 0 Å². The van der Waals surface area contributed by atoms with Gasteiger partial charge in [-0.2, -0.15) is 0 Å². The molecule has 1 aliphatic carbocycles. The first-order valence-electron chi connectivity index (χ1n) is 6.30. The summed E-state index contributed by atoms with van der Waals surface area (Å²) >= 11 is 9.41. The molecule has 1 N–H and O–H groups in total. The maximum atomic E-state index is 10.2. The minimum Gasteiger partial charge on any atom is -0.388 e. The fourth-order valence-electron chi connectivity index (χ4n) is 2.59. The van der Waals surface area contributed by atoms with Crippen molar-refractivity contribution in [2.45, 2.75) is 44.6 Å². The van der Waals surface area contributed by atoms with Gasteiger partial charge in [-0.05, 0) is 46.0 Å². The standard InChI is InChI=1S/C14H18BrClO/c15-12-7-6-11(9-13(12)16)14(17)8-10-4-2-1-3-5-10/h6-7,9-10,14,17H,1-5,8H2. The third-order valence-corrected chi connectivity index (χ3v) is 4.84. The SMILES string of the molecule is OC(CC1CCCCC1)c1ccc(Br)c(Cl)c1. The molecule has 0 spiro atoms. The molecule has 0 saturated heterocycles. The van der Waals surface area contributed by atoms with Crippen LogP contribution in [0.25, 0.3) is 0 Å². The Kier molecular flexibility index (Phi) is 4.89. The van der Waals surface area contributed by atoms with Crippen LogP contribution in [0.2, 0.25) is 5.02 Å². The smallest absolute Gasteiger partial charge is 0.0793 e. The lowest BCUT2D eigenvalue weighted by Crippen LogP contribution is -2.11. The second kappa shape index (κ2) is 6.21. The summed E-state index contributed by atoms with van der Waals surface area (Å²) in [6, 6.07) is 5.71. The molecule has 1 atom stereocenters. The molecule has 1 aliphatic rings. The largest absolute Gasteiger partial charge is 0.388 e. The molecule has 17 heavy (non-hydrogen) atoms. The minimum atomic E-state index is -0.372. The highest BCUT2D eigenvalue weighted by atomic mass is 79.9. The van der Waals surface area contributed by atoms with Crippen LogP contribution in [0.15, 0.2) is 22.7 Å². The lowest BCUT2D eigenvalue weighted by molar-refractivity contribution is 0.131. The van der Waals surface area contributed by atoms with Crippen molar-refractivity contribution in [1.29, 1.82) is 0 Å². The fraction of sp³-hybridized carbons (Fsp3) is 0.571. The maximum Gasteiger partial charge on any atom is 0.0793 e. The molecule has 1 saturated carbocycles. The van der Waals surface area contributed by atoms with Gasteiger partial charge in [-0.25, -0.2) is 0 Å². The molecular weight excluding hydrogens is 300 g/mol. The Balaban J connectivity index is 1.98. The summed E-state index contributed by atoms with van der Waals surface area (Å²) < 4.78 is 0.882. The van der Waals surface area contributed by atoms with E-state index in [4.69, 9.17) is 11.6 Å². The number of benzene rings is 1. The summed E-state index contributed by atoms with van der Waals surface area (Å²) in [6.07, 6.45) is 7.03. The van der Waals surface area contributed by atoms with Crippen LogP contribution in [0, 0.1) is 5.92 Å². The number of aliphatic hydroxyl groups is 1. The average Bonchev–Trinajstić information content (AvgIpc) is 2.34. The highest BCUT2D eigenvalue weighted by molar-refractivity contribution is 9.10. The number of hydrogen-bond donors (Lipinski definition) is 1. The Morgan fingerprint density at radius 2 is 2.00 bits per heavy atom. The van der Waals surface area contributed by atoms with Gasteiger partial charge in [-0.15, -0.1) is 0 Å². The van der Waals surface area contributed by atoms with E-state index in [1.165, 1.54) is 32.1 Å². The van der Waals surface area contributed by atoms with Crippen molar-refractivity contribution in [3.8, 4) is 0 Å². The Bertz CT molecular complexity index is 374. The summed E-state index contributed by atoms with van der Waals surface area (Å²) in [6.45, 7) is 0. The van der Waals surface area contributed by atoms with Crippen LogP contribution >= 0.6 is 27.5 Å². The van der Waals surface area contributed by atoms with Crippen molar-refractivity contribution >= 4 is 27.5 Å². The first-order chi connectivity index (χ1) is 8.16. The molecule has 1 aromatic carbocycles. The van der Waals surface area contributed by atoms with E-state index in [9.17, 15) is 5.11 Å². The van der Waals surface area contributed by atoms with Crippen molar-refractivity contribution in [1.82, 2.24) is 0 Å². The van der Waals surface area contributed by atoms with Crippen LogP contribution in [0.4, 0.5) is 0 Å². The summed E-state index contributed by atoms with van der Waals surface area (Å²) in [5.74, 6) is 0.682. The molecule has 0 aliphatic heterocycles. The lowest BCUT2D eigenvalue weighted by atomic mass is 9.84. The topological polar surface area (TPSA) is 20.2 Å². The molecule has 0 aromatic heterocycles. The Hall–Kier alpha value is -0.0500. The fourth-order valence-corrected chi connectivity index (χ4v) is 3.03. The van der Waals surface area contributed by atoms with Crippen molar-refractivity contribution in [2.24, 2.45) is 5.92 Å². The van der Waals surface area contributed by atoms with Gasteiger partial charge in [0.15, 0.2) is 0 Å². The molecule has 1 nitrogen and oxygen atoms in total. The first kappa shape index (κ1) is 13.4. The van der Waals surface area contributed by atoms with Gasteiger partial charge in [0, 0.05) is 4.47 Å². The van der Waals surface area contributed by atoms with Gasteiger partial charge < -0.3 is 5.11 Å². The van der Waals surface area contributed by atoms with E-state index in [0.29, 0.717) is 10.9 Å². The third-order valence-electron chi connectivity index (χ3n) is 3.61. The number of aliphatic hydroxyl groups excluding tert-OH is 1. The van der Waals surface area contributed by atoms with E-state index < -0.39 is 0 Å². The zero-order valence-corrected chi connectivity index (χ0v) is 12.2. The zero-order chi connectivity index (χ0) is 12.3. The van der Waals surface area contributed by atoms with E-state index in [0.717, 1.165) is 16.5 Å². The highest BCUT2D eigenvalue weighted by Crippen LogP contribution is 2.33. The molecule has 1 unspecified atom stereocenters. The van der Waals surface area contributed by atoms with Gasteiger partial charge in [0.1, 0.15) is 0 Å². The molecular formula is C14H18BrClO. The predicted octanol–water partition coefficient (Wildman–Crippen LogP) is 5.11. The summed E-state index contributed by atoms with van der Waals surface area (Å²) in [5, 5.41) is 10.9. The van der Waals surface area contributed by atoms with Gasteiger partial charge in [-0.3, -0.25) is 0 Å². The van der Waals surface area contributed by atoms with Crippen molar-refractivity contribution < 1.29 is 5.11 Å². The molecule has 1 aromatic rings. The molecule has 2 rings (SSSR count). The summed E-state index contributed by atoms with van der Waals surface area (Å²) in [5.41, 5.74) is 0.934. The van der Waals surface area contributed by atoms with Crippen LogP contribution in [0.3, 0.4) is 0 Å². The summed E-state index contributed by atoms with van der Waals surface area (Å²) in [7, 11) is 0. The van der Waals surface area contributed by atoms with E-state index in [1.807, 2.05) is 18.2 Å². The molecule has 1 fully saturated rings. The van der Waals surface area contributed by atoms with Crippen molar-refractivity contribution in [3.05, 3.63) is 33.3 Å². The number of hydrogen-bond acceptors (Lipinski definition) is 1. The average molecular weight is 318 g/mol. The number of halogens is 2. The highest BCUT2D eigenvalue weighted by Gasteiger charge is 2.18. The van der Waals surface area contributed by atoms with E-state index >= 15 is 0 Å². The van der Waals surface area contributed by atoms with Crippen LogP contribution < -0.4 is 0 Å². The lowest BCUT2D eigenvalue weighted by Gasteiger charge is -2.24. The predicted molar refractivity (Wildman–Crippen MR) is 75.3 cm³/mol. The molecule has 0 amide bonds. The Morgan fingerprint density at radius 3 is 2.65 bits per heavy atom. The molecule has 0 radical (unpaired) electrons. The normalized spacial score (nSPS) is 19.2. The van der Waals surface area contributed by atoms with E-state index in [-0.39, 0.29) is 6.10 Å². The van der Waals surface area contributed by atoms with Gasteiger partial charge in [0.25, 0.3) is 0 Å². The third kappa shape index (κ3) is 3.70. The van der Waals surface area contributed by atoms with Crippen LogP contribution in [-0.4, -0.2) is 5.11 Å². The first-order valence-corrected chi connectivity index (χ1v) is 7.47. The molecule has 0 bridgehead atoms. The second-order valence-corrected chi connectivity index (χ2v) is 6.19. The quantitative estimate of drug-likeness (QED) is 0.821. The van der Waals surface area contributed by atoms with Crippen molar-refractivity contribution in [3.63, 3.8) is 0 Å². The van der Waals surface area contributed by atoms with E-state index in [2.05, 4.69) is 15.9 Å². The minimum absolute atomic E-state index is 0.372. The van der Waals surface area contributed by atoms with E-state index in [1.54, 1.807) is 0 Å². The zero-order valence-electron chi connectivity index (χ0n) is 9.83. The van der Waals surface area contributed by atoms with Gasteiger partial charge in [-0.1, -0.05) is 49.8 Å². The monoisotopic (exact) mass is 316 g/mol. The summed E-state index contributed by atoms with van der Waals surface area (Å²) in [4.78, 5) is 0. The Labute approximate surface area is 116 Å². The Morgan fingerprint density at radius 1 is 1.29 bits per heavy atom. The maximum absolute atomic E-state index is 10.2. The van der Waals surface area contributed by atoms with Crippen LogP contribution in [0.5, 0.6) is 0 Å². The van der Waals surface area contributed by atoms with Crippen molar-refractivity contribution in [2.75, 3.05) is 0 Å². The molecule has 94 valence electrons. The van der Waals surface area contributed by atoms with Gasteiger partial charge in [0.05, 0.1) is 11.1 Å². The molecule has 0 heterocycles. The molecule has 3 heteroatoms.